The van der Waals surface area contributed by atoms with Crippen LogP contribution in [0.25, 0.3) is 0 Å². The van der Waals surface area contributed by atoms with Crippen molar-refractivity contribution in [2.75, 3.05) is 6.61 Å². The zero-order valence-corrected chi connectivity index (χ0v) is 8.37. The first-order valence-corrected chi connectivity index (χ1v) is 4.52. The molecule has 0 heterocycles. The lowest BCUT2D eigenvalue weighted by Gasteiger charge is -2.10. The maximum Gasteiger partial charge on any atom is 0.160 e. The van der Waals surface area contributed by atoms with E-state index >= 15 is 0 Å². The number of benzene rings is 1. The number of hydrogen-bond donors (Lipinski definition) is 1. The minimum Gasteiger partial charge on any atom is -0.504 e. The summed E-state index contributed by atoms with van der Waals surface area (Å²) in [6, 6.07) is 5.43. The summed E-state index contributed by atoms with van der Waals surface area (Å²) in [6.45, 7) is 6.72. The van der Waals surface area contributed by atoms with Crippen LogP contribution in [0.1, 0.15) is 19.4 Å². The number of phenols is 1. The van der Waals surface area contributed by atoms with Crippen LogP contribution in [0.5, 0.6) is 11.5 Å². The first-order chi connectivity index (χ1) is 6.09. The average Bonchev–Trinajstić information content (AvgIpc) is 2.02. The van der Waals surface area contributed by atoms with Gasteiger partial charge < -0.3 is 9.84 Å². The Hall–Kier alpha value is -1.18. The smallest absolute Gasteiger partial charge is 0.160 e. The van der Waals surface area contributed by atoms with E-state index in [1.54, 1.807) is 12.1 Å². The summed E-state index contributed by atoms with van der Waals surface area (Å²) in [6.07, 6.45) is 0. The van der Waals surface area contributed by atoms with E-state index in [1.165, 1.54) is 0 Å². The Morgan fingerprint density at radius 1 is 1.38 bits per heavy atom. The van der Waals surface area contributed by atoms with E-state index in [-0.39, 0.29) is 5.75 Å². The van der Waals surface area contributed by atoms with Gasteiger partial charge in [-0.15, -0.1) is 0 Å². The molecule has 0 aromatic heterocycles. The quantitative estimate of drug-likeness (QED) is 0.775. The number of aromatic hydroxyl groups is 1. The van der Waals surface area contributed by atoms with Gasteiger partial charge in [-0.2, -0.15) is 0 Å². The molecule has 1 N–H and O–H groups in total. The molecule has 1 rings (SSSR count). The first kappa shape index (κ1) is 9.90. The third-order valence-electron chi connectivity index (χ3n) is 1.69. The van der Waals surface area contributed by atoms with Crippen LogP contribution in [0, 0.1) is 12.8 Å². The molecule has 0 aliphatic carbocycles. The Balaban J connectivity index is 2.67. The van der Waals surface area contributed by atoms with Gasteiger partial charge in [0, 0.05) is 0 Å². The predicted molar refractivity (Wildman–Crippen MR) is 53.2 cm³/mol. The van der Waals surface area contributed by atoms with Crippen LogP contribution in [0.2, 0.25) is 0 Å². The first-order valence-electron chi connectivity index (χ1n) is 4.52. The number of rotatable bonds is 3. The lowest BCUT2D eigenvalue weighted by Crippen LogP contribution is -2.04. The monoisotopic (exact) mass is 180 g/mol. The van der Waals surface area contributed by atoms with Crippen LogP contribution in [-0.2, 0) is 0 Å². The van der Waals surface area contributed by atoms with Crippen LogP contribution in [0.15, 0.2) is 18.2 Å². The molecule has 72 valence electrons. The number of aryl methyl sites for hydroxylation is 1. The molecule has 0 unspecified atom stereocenters. The van der Waals surface area contributed by atoms with Crippen molar-refractivity contribution < 1.29 is 9.84 Å². The Morgan fingerprint density at radius 3 is 2.62 bits per heavy atom. The van der Waals surface area contributed by atoms with E-state index in [4.69, 9.17) is 4.74 Å². The summed E-state index contributed by atoms with van der Waals surface area (Å²) in [5.41, 5.74) is 1.04. The van der Waals surface area contributed by atoms with Gasteiger partial charge in [0.2, 0.25) is 0 Å². The van der Waals surface area contributed by atoms with Crippen molar-refractivity contribution in [1.29, 1.82) is 0 Å². The summed E-state index contributed by atoms with van der Waals surface area (Å²) in [7, 11) is 0. The van der Waals surface area contributed by atoms with Gasteiger partial charge >= 0.3 is 0 Å². The zero-order chi connectivity index (χ0) is 9.84. The van der Waals surface area contributed by atoms with Gasteiger partial charge in [-0.05, 0) is 30.5 Å². The molecule has 0 amide bonds. The molecular formula is C11H16O2. The second-order valence-corrected chi connectivity index (χ2v) is 3.68. The predicted octanol–water partition coefficient (Wildman–Crippen LogP) is 2.74. The summed E-state index contributed by atoms with van der Waals surface area (Å²) >= 11 is 0. The van der Waals surface area contributed by atoms with Crippen molar-refractivity contribution in [2.45, 2.75) is 20.8 Å². The van der Waals surface area contributed by atoms with Gasteiger partial charge in [-0.3, -0.25) is 0 Å². The molecule has 0 fully saturated rings. The van der Waals surface area contributed by atoms with Gasteiger partial charge in [0.05, 0.1) is 6.61 Å². The van der Waals surface area contributed by atoms with E-state index in [0.29, 0.717) is 18.3 Å². The number of ether oxygens (including phenoxy) is 1. The molecule has 0 saturated carbocycles. The van der Waals surface area contributed by atoms with Crippen molar-refractivity contribution in [3.63, 3.8) is 0 Å². The highest BCUT2D eigenvalue weighted by Gasteiger charge is 2.02. The van der Waals surface area contributed by atoms with Crippen LogP contribution in [-0.4, -0.2) is 11.7 Å². The molecule has 0 saturated heterocycles. The van der Waals surface area contributed by atoms with Gasteiger partial charge in [-0.25, -0.2) is 0 Å². The molecule has 0 spiro atoms. The molecular weight excluding hydrogens is 164 g/mol. The fourth-order valence-electron chi connectivity index (χ4n) is 1.01. The molecule has 0 radical (unpaired) electrons. The molecule has 2 heteroatoms. The highest BCUT2D eigenvalue weighted by molar-refractivity contribution is 5.41. The average molecular weight is 180 g/mol. The standard InChI is InChI=1S/C11H16O2/c1-8(2)7-13-11-5-4-9(3)6-10(11)12/h4-6,8,12H,7H2,1-3H3. The highest BCUT2D eigenvalue weighted by atomic mass is 16.5. The maximum absolute atomic E-state index is 9.48. The normalized spacial score (nSPS) is 10.5. The van der Waals surface area contributed by atoms with Crippen molar-refractivity contribution in [2.24, 2.45) is 5.92 Å². The molecule has 0 aliphatic heterocycles. The minimum atomic E-state index is 0.223. The molecule has 1 aromatic rings. The topological polar surface area (TPSA) is 29.5 Å². The number of hydrogen-bond acceptors (Lipinski definition) is 2. The second kappa shape index (κ2) is 4.17. The molecule has 0 aliphatic rings. The Morgan fingerprint density at radius 2 is 2.08 bits per heavy atom. The van der Waals surface area contributed by atoms with Crippen molar-refractivity contribution in [3.05, 3.63) is 23.8 Å². The van der Waals surface area contributed by atoms with Crippen LogP contribution in [0.3, 0.4) is 0 Å². The number of phenolic OH excluding ortho intramolecular Hbond substituents is 1. The van der Waals surface area contributed by atoms with E-state index < -0.39 is 0 Å². The fraction of sp³-hybridized carbons (Fsp3) is 0.455. The van der Waals surface area contributed by atoms with Gasteiger partial charge in [0.25, 0.3) is 0 Å². The van der Waals surface area contributed by atoms with E-state index in [0.717, 1.165) is 5.56 Å². The van der Waals surface area contributed by atoms with Crippen molar-refractivity contribution in [1.82, 2.24) is 0 Å². The van der Waals surface area contributed by atoms with Crippen LogP contribution < -0.4 is 4.74 Å². The molecule has 0 bridgehead atoms. The lowest BCUT2D eigenvalue weighted by molar-refractivity contribution is 0.259. The van der Waals surface area contributed by atoms with Gasteiger partial charge in [0.1, 0.15) is 0 Å². The summed E-state index contributed by atoms with van der Waals surface area (Å²) < 4.78 is 5.40. The Labute approximate surface area is 79.2 Å². The summed E-state index contributed by atoms with van der Waals surface area (Å²) in [5, 5.41) is 9.48. The molecule has 1 aromatic carbocycles. The third kappa shape index (κ3) is 2.98. The van der Waals surface area contributed by atoms with Gasteiger partial charge in [-0.1, -0.05) is 19.9 Å². The molecule has 13 heavy (non-hydrogen) atoms. The van der Waals surface area contributed by atoms with Gasteiger partial charge in [0.15, 0.2) is 11.5 Å². The van der Waals surface area contributed by atoms with Crippen molar-refractivity contribution >= 4 is 0 Å². The van der Waals surface area contributed by atoms with Crippen molar-refractivity contribution in [3.8, 4) is 11.5 Å². The molecule has 0 atom stereocenters. The SMILES string of the molecule is Cc1ccc(OCC(C)C)c(O)c1. The summed E-state index contributed by atoms with van der Waals surface area (Å²) in [5.74, 6) is 1.26. The second-order valence-electron chi connectivity index (χ2n) is 3.68. The maximum atomic E-state index is 9.48. The van der Waals surface area contributed by atoms with E-state index in [9.17, 15) is 5.11 Å². The fourth-order valence-corrected chi connectivity index (χ4v) is 1.01. The van der Waals surface area contributed by atoms with E-state index in [1.807, 2.05) is 13.0 Å². The largest absolute Gasteiger partial charge is 0.504 e. The Bertz CT molecular complexity index is 279. The Kier molecular flexibility index (Phi) is 3.18. The van der Waals surface area contributed by atoms with E-state index in [2.05, 4.69) is 13.8 Å². The lowest BCUT2D eigenvalue weighted by atomic mass is 10.2. The third-order valence-corrected chi connectivity index (χ3v) is 1.69. The molecule has 2 nitrogen and oxygen atoms in total. The van der Waals surface area contributed by atoms with Crippen LogP contribution >= 0.6 is 0 Å². The highest BCUT2D eigenvalue weighted by Crippen LogP contribution is 2.26. The minimum absolute atomic E-state index is 0.223. The van der Waals surface area contributed by atoms with Crippen LogP contribution in [0.4, 0.5) is 0 Å². The summed E-state index contributed by atoms with van der Waals surface area (Å²) in [4.78, 5) is 0. The zero-order valence-electron chi connectivity index (χ0n) is 8.37.